The summed E-state index contributed by atoms with van der Waals surface area (Å²) in [4.78, 5) is 21.8. The normalized spacial score (nSPS) is 23.5. The molecular weight excluding hydrogens is 324 g/mol. The highest BCUT2D eigenvalue weighted by molar-refractivity contribution is 5.94. The van der Waals surface area contributed by atoms with Crippen LogP contribution in [-0.2, 0) is 0 Å². The third kappa shape index (κ3) is 3.31. The number of aromatic nitrogens is 1. The quantitative estimate of drug-likeness (QED) is 0.905. The van der Waals surface area contributed by atoms with Crippen LogP contribution in [0.1, 0.15) is 29.6 Å². The molecule has 0 saturated carbocycles. The van der Waals surface area contributed by atoms with Gasteiger partial charge in [0.25, 0.3) is 5.91 Å². The number of carbonyl (C=O) groups excluding carboxylic acids is 1. The number of likely N-dealkylation sites (tertiary alicyclic amines) is 2. The lowest BCUT2D eigenvalue weighted by atomic mass is 9.79. The average molecular weight is 350 g/mol. The summed E-state index contributed by atoms with van der Waals surface area (Å²) in [5, 5.41) is 0. The molecule has 5 heteroatoms. The largest absolute Gasteiger partial charge is 0.384 e. The van der Waals surface area contributed by atoms with Crippen molar-refractivity contribution in [2.75, 3.05) is 39.0 Å². The summed E-state index contributed by atoms with van der Waals surface area (Å²) >= 11 is 0. The summed E-state index contributed by atoms with van der Waals surface area (Å²) in [7, 11) is 2.18. The number of hydrogen-bond acceptors (Lipinski definition) is 4. The predicted molar refractivity (Wildman–Crippen MR) is 104 cm³/mol. The average Bonchev–Trinajstić information content (AvgIpc) is 3.01. The van der Waals surface area contributed by atoms with E-state index in [9.17, 15) is 4.79 Å². The predicted octanol–water partition coefficient (Wildman–Crippen LogP) is 2.89. The Kier molecular flexibility index (Phi) is 4.41. The van der Waals surface area contributed by atoms with E-state index in [0.29, 0.717) is 11.2 Å². The molecule has 2 saturated heterocycles. The maximum absolute atomic E-state index is 13.0. The van der Waals surface area contributed by atoms with Gasteiger partial charge in [-0.15, -0.1) is 0 Å². The zero-order valence-corrected chi connectivity index (χ0v) is 15.3. The first-order valence-electron chi connectivity index (χ1n) is 9.36. The van der Waals surface area contributed by atoms with E-state index in [1.165, 1.54) is 12.8 Å². The van der Waals surface area contributed by atoms with Gasteiger partial charge in [0.15, 0.2) is 0 Å². The second kappa shape index (κ2) is 6.72. The summed E-state index contributed by atoms with van der Waals surface area (Å²) in [6, 6.07) is 13.3. The number of nitrogen functional groups attached to an aromatic ring is 1. The number of nitrogens with two attached hydrogens (primary N) is 1. The maximum atomic E-state index is 13.0. The van der Waals surface area contributed by atoms with Gasteiger partial charge < -0.3 is 15.5 Å². The highest BCUT2D eigenvalue weighted by atomic mass is 16.2. The Hall–Kier alpha value is -2.40. The van der Waals surface area contributed by atoms with Gasteiger partial charge in [0.1, 0.15) is 5.82 Å². The fraction of sp³-hybridized carbons (Fsp3) is 0.429. The van der Waals surface area contributed by atoms with Crippen LogP contribution < -0.4 is 5.73 Å². The third-order valence-corrected chi connectivity index (χ3v) is 5.78. The molecule has 2 aromatic rings. The molecule has 2 aliphatic heterocycles. The fourth-order valence-corrected chi connectivity index (χ4v) is 4.45. The summed E-state index contributed by atoms with van der Waals surface area (Å²) in [5.41, 5.74) is 8.62. The number of anilines is 1. The van der Waals surface area contributed by atoms with E-state index in [-0.39, 0.29) is 5.91 Å². The third-order valence-electron chi connectivity index (χ3n) is 5.78. The molecule has 1 amide bonds. The van der Waals surface area contributed by atoms with Crippen molar-refractivity contribution in [1.82, 2.24) is 14.8 Å². The summed E-state index contributed by atoms with van der Waals surface area (Å²) in [6.07, 6.45) is 3.54. The molecule has 3 heterocycles. The standard InChI is InChI=1S/C21H26N4O/c1-24-13-11-21(14-24)10-3-12-25(15-21)20(26)17-8-6-16(7-9-17)18-4-2-5-19(22)23-18/h2,4-9H,3,10-15H2,1H3,(H2,22,23)/t21-/m0/s1. The van der Waals surface area contributed by atoms with Crippen LogP contribution in [0.25, 0.3) is 11.3 Å². The summed E-state index contributed by atoms with van der Waals surface area (Å²) in [5.74, 6) is 0.647. The van der Waals surface area contributed by atoms with E-state index in [1.807, 2.05) is 36.4 Å². The van der Waals surface area contributed by atoms with Gasteiger partial charge in [-0.25, -0.2) is 4.98 Å². The molecule has 1 aromatic heterocycles. The summed E-state index contributed by atoms with van der Waals surface area (Å²) in [6.45, 7) is 4.00. The smallest absolute Gasteiger partial charge is 0.253 e. The lowest BCUT2D eigenvalue weighted by Crippen LogP contribution is -2.47. The highest BCUT2D eigenvalue weighted by Gasteiger charge is 2.41. The van der Waals surface area contributed by atoms with Gasteiger partial charge in [0.2, 0.25) is 0 Å². The molecule has 1 aromatic carbocycles. The summed E-state index contributed by atoms with van der Waals surface area (Å²) < 4.78 is 0. The van der Waals surface area contributed by atoms with Gasteiger partial charge in [-0.05, 0) is 57.1 Å². The van der Waals surface area contributed by atoms with Crippen LogP contribution in [0.5, 0.6) is 0 Å². The van der Waals surface area contributed by atoms with E-state index >= 15 is 0 Å². The SMILES string of the molecule is CN1CC[C@@]2(CCCN(C(=O)c3ccc(-c4cccc(N)n4)cc3)C2)C1. The second-order valence-corrected chi connectivity index (χ2v) is 7.84. The maximum Gasteiger partial charge on any atom is 0.253 e. The van der Waals surface area contributed by atoms with Crippen LogP contribution in [0.2, 0.25) is 0 Å². The molecule has 2 aliphatic rings. The van der Waals surface area contributed by atoms with Crippen molar-refractivity contribution in [1.29, 1.82) is 0 Å². The van der Waals surface area contributed by atoms with Crippen molar-refractivity contribution < 1.29 is 4.79 Å². The number of pyridine rings is 1. The number of piperidine rings is 1. The molecule has 136 valence electrons. The van der Waals surface area contributed by atoms with E-state index in [0.717, 1.165) is 49.4 Å². The Bertz CT molecular complexity index is 800. The minimum atomic E-state index is 0.144. The number of hydrogen-bond donors (Lipinski definition) is 1. The van der Waals surface area contributed by atoms with Crippen molar-refractivity contribution in [2.24, 2.45) is 5.41 Å². The van der Waals surface area contributed by atoms with E-state index in [4.69, 9.17) is 5.73 Å². The van der Waals surface area contributed by atoms with Gasteiger partial charge in [0, 0.05) is 36.2 Å². The Balaban J connectivity index is 1.49. The van der Waals surface area contributed by atoms with Gasteiger partial charge in [-0.2, -0.15) is 0 Å². The molecule has 0 bridgehead atoms. The van der Waals surface area contributed by atoms with E-state index in [1.54, 1.807) is 6.07 Å². The van der Waals surface area contributed by atoms with E-state index < -0.39 is 0 Å². The van der Waals surface area contributed by atoms with Gasteiger partial charge in [0.05, 0.1) is 5.69 Å². The number of nitrogens with zero attached hydrogens (tertiary/aromatic N) is 3. The van der Waals surface area contributed by atoms with Crippen LogP contribution in [0.3, 0.4) is 0 Å². The lowest BCUT2D eigenvalue weighted by molar-refractivity contribution is 0.0534. The zero-order chi connectivity index (χ0) is 18.1. The molecule has 26 heavy (non-hydrogen) atoms. The van der Waals surface area contributed by atoms with Gasteiger partial charge in [-0.1, -0.05) is 18.2 Å². The number of carbonyl (C=O) groups is 1. The van der Waals surface area contributed by atoms with E-state index in [2.05, 4.69) is 21.8 Å². The lowest BCUT2D eigenvalue weighted by Gasteiger charge is -2.40. The molecule has 0 radical (unpaired) electrons. The Morgan fingerprint density at radius 1 is 1.08 bits per heavy atom. The molecule has 0 unspecified atom stereocenters. The molecule has 0 aliphatic carbocycles. The number of amides is 1. The van der Waals surface area contributed by atoms with Crippen molar-refractivity contribution in [2.45, 2.75) is 19.3 Å². The molecular formula is C21H26N4O. The molecule has 2 fully saturated rings. The van der Waals surface area contributed by atoms with Crippen LogP contribution in [-0.4, -0.2) is 53.9 Å². The first-order chi connectivity index (χ1) is 12.5. The minimum Gasteiger partial charge on any atom is -0.384 e. The first kappa shape index (κ1) is 17.0. The van der Waals surface area contributed by atoms with Crippen molar-refractivity contribution >= 4 is 11.7 Å². The van der Waals surface area contributed by atoms with Crippen molar-refractivity contribution in [3.8, 4) is 11.3 Å². The molecule has 1 atom stereocenters. The molecule has 5 nitrogen and oxygen atoms in total. The monoisotopic (exact) mass is 350 g/mol. The minimum absolute atomic E-state index is 0.144. The molecule has 2 N–H and O–H groups in total. The fourth-order valence-electron chi connectivity index (χ4n) is 4.45. The van der Waals surface area contributed by atoms with Crippen LogP contribution >= 0.6 is 0 Å². The first-order valence-corrected chi connectivity index (χ1v) is 9.36. The highest BCUT2D eigenvalue weighted by Crippen LogP contribution is 2.38. The number of benzene rings is 1. The Morgan fingerprint density at radius 2 is 1.88 bits per heavy atom. The topological polar surface area (TPSA) is 62.5 Å². The van der Waals surface area contributed by atoms with Crippen LogP contribution in [0.4, 0.5) is 5.82 Å². The zero-order valence-electron chi connectivity index (χ0n) is 15.3. The van der Waals surface area contributed by atoms with Gasteiger partial charge >= 0.3 is 0 Å². The van der Waals surface area contributed by atoms with Crippen molar-refractivity contribution in [3.05, 3.63) is 48.0 Å². The molecule has 4 rings (SSSR count). The van der Waals surface area contributed by atoms with Crippen molar-refractivity contribution in [3.63, 3.8) is 0 Å². The second-order valence-electron chi connectivity index (χ2n) is 7.84. The van der Waals surface area contributed by atoms with Crippen LogP contribution in [0.15, 0.2) is 42.5 Å². The molecule has 1 spiro atoms. The Labute approximate surface area is 154 Å². The van der Waals surface area contributed by atoms with Crippen LogP contribution in [0, 0.1) is 5.41 Å². The van der Waals surface area contributed by atoms with Gasteiger partial charge in [-0.3, -0.25) is 4.79 Å². The Morgan fingerprint density at radius 3 is 2.58 bits per heavy atom. The number of rotatable bonds is 2.